The number of quaternary nitrogens is 1. The number of anilines is 1. The molecule has 0 fully saturated rings. The first-order valence-electron chi connectivity index (χ1n) is 8.10. The third-order valence-corrected chi connectivity index (χ3v) is 4.70. The highest BCUT2D eigenvalue weighted by Crippen LogP contribution is 2.27. The number of nitrogens with two attached hydrogens (primary N) is 1. The van der Waals surface area contributed by atoms with Crippen LogP contribution in [0.25, 0.3) is 0 Å². The fourth-order valence-corrected chi connectivity index (χ4v) is 3.11. The molecule has 0 aliphatic rings. The van der Waals surface area contributed by atoms with Crippen molar-refractivity contribution in [1.29, 1.82) is 0 Å². The molecule has 2 aromatic rings. The minimum absolute atomic E-state index is 0.0363. The van der Waals surface area contributed by atoms with Crippen LogP contribution < -0.4 is 10.6 Å². The van der Waals surface area contributed by atoms with Crippen molar-refractivity contribution >= 4 is 40.6 Å². The smallest absolute Gasteiger partial charge is 0.282 e. The van der Waals surface area contributed by atoms with Gasteiger partial charge in [0.25, 0.3) is 5.91 Å². The molecule has 0 heterocycles. The Balaban J connectivity index is 2.02. The Morgan fingerprint density at radius 1 is 1.08 bits per heavy atom. The maximum atomic E-state index is 13.7. The van der Waals surface area contributed by atoms with Gasteiger partial charge in [0.05, 0.1) is 10.0 Å². The number of rotatable bonds is 6. The topological polar surface area (TPSA) is 62.8 Å². The van der Waals surface area contributed by atoms with E-state index in [-0.39, 0.29) is 22.8 Å². The Hall–Kier alpha value is -1.95. The SMILES string of the molecule is CC(=O)c1ccc(NC(=O)[C@@H](C)[NH2+][C@H](C)c2cc(F)c(Cl)cc2Cl)cc1. The van der Waals surface area contributed by atoms with Gasteiger partial charge in [-0.15, -0.1) is 0 Å². The number of hydrogen-bond donors (Lipinski definition) is 2. The summed E-state index contributed by atoms with van der Waals surface area (Å²) < 4.78 is 13.7. The Bertz CT molecular complexity index is 825. The van der Waals surface area contributed by atoms with E-state index in [0.29, 0.717) is 21.8 Å². The van der Waals surface area contributed by atoms with Crippen LogP contribution in [0.4, 0.5) is 10.1 Å². The van der Waals surface area contributed by atoms with Crippen LogP contribution >= 0.6 is 23.2 Å². The summed E-state index contributed by atoms with van der Waals surface area (Å²) in [6.07, 6.45) is 0. The highest BCUT2D eigenvalue weighted by atomic mass is 35.5. The van der Waals surface area contributed by atoms with Crippen molar-refractivity contribution in [3.05, 3.63) is 63.4 Å². The number of carbonyl (C=O) groups is 2. The fourth-order valence-electron chi connectivity index (χ4n) is 2.56. The molecule has 0 spiro atoms. The van der Waals surface area contributed by atoms with Crippen LogP contribution in [-0.4, -0.2) is 17.7 Å². The van der Waals surface area contributed by atoms with Gasteiger partial charge in [-0.1, -0.05) is 23.2 Å². The summed E-state index contributed by atoms with van der Waals surface area (Å²) in [5.74, 6) is -0.794. The van der Waals surface area contributed by atoms with Crippen LogP contribution in [-0.2, 0) is 4.79 Å². The molecular weight excluding hydrogens is 378 g/mol. The minimum Gasteiger partial charge on any atom is -0.330 e. The summed E-state index contributed by atoms with van der Waals surface area (Å²) in [5.41, 5.74) is 1.75. The van der Waals surface area contributed by atoms with Gasteiger partial charge >= 0.3 is 0 Å². The first-order valence-corrected chi connectivity index (χ1v) is 8.86. The number of Topliss-reactive ketones (excluding diaryl/α,β-unsaturated/α-hetero) is 1. The van der Waals surface area contributed by atoms with Crippen molar-refractivity contribution in [3.8, 4) is 0 Å². The zero-order valence-corrected chi connectivity index (χ0v) is 16.2. The van der Waals surface area contributed by atoms with Gasteiger partial charge in [0, 0.05) is 16.8 Å². The van der Waals surface area contributed by atoms with E-state index in [4.69, 9.17) is 23.2 Å². The molecule has 0 unspecified atom stereocenters. The largest absolute Gasteiger partial charge is 0.330 e. The maximum Gasteiger partial charge on any atom is 0.282 e. The van der Waals surface area contributed by atoms with E-state index < -0.39 is 11.9 Å². The maximum absolute atomic E-state index is 13.7. The average molecular weight is 398 g/mol. The van der Waals surface area contributed by atoms with Gasteiger partial charge in [-0.25, -0.2) is 4.39 Å². The Kier molecular flexibility index (Phi) is 6.75. The predicted molar refractivity (Wildman–Crippen MR) is 101 cm³/mol. The molecule has 0 aromatic heterocycles. The Labute approximate surface area is 161 Å². The van der Waals surface area contributed by atoms with Gasteiger partial charge in [-0.3, -0.25) is 9.59 Å². The van der Waals surface area contributed by atoms with E-state index in [1.807, 2.05) is 6.92 Å². The molecule has 0 bridgehead atoms. The molecule has 3 N–H and O–H groups in total. The number of benzene rings is 2. The lowest BCUT2D eigenvalue weighted by Crippen LogP contribution is -2.91. The summed E-state index contributed by atoms with van der Waals surface area (Å²) in [5, 5.41) is 4.89. The molecule has 0 radical (unpaired) electrons. The van der Waals surface area contributed by atoms with Gasteiger partial charge in [0.2, 0.25) is 0 Å². The molecule has 2 rings (SSSR count). The first kappa shape index (κ1) is 20.4. The molecule has 0 aliphatic carbocycles. The predicted octanol–water partition coefficient (Wildman–Crippen LogP) is 3.99. The second-order valence-electron chi connectivity index (χ2n) is 6.18. The number of halogens is 3. The van der Waals surface area contributed by atoms with E-state index in [9.17, 15) is 14.0 Å². The molecule has 0 saturated carbocycles. The zero-order valence-electron chi connectivity index (χ0n) is 14.6. The van der Waals surface area contributed by atoms with Crippen molar-refractivity contribution in [3.63, 3.8) is 0 Å². The van der Waals surface area contributed by atoms with E-state index >= 15 is 0 Å². The highest BCUT2D eigenvalue weighted by Gasteiger charge is 2.23. The van der Waals surface area contributed by atoms with E-state index in [0.717, 1.165) is 0 Å². The summed E-state index contributed by atoms with van der Waals surface area (Å²) in [6, 6.07) is 8.64. The van der Waals surface area contributed by atoms with Crippen LogP contribution in [0, 0.1) is 5.82 Å². The highest BCUT2D eigenvalue weighted by molar-refractivity contribution is 6.35. The number of ketones is 1. The summed E-state index contributed by atoms with van der Waals surface area (Å²) in [4.78, 5) is 23.6. The van der Waals surface area contributed by atoms with Crippen LogP contribution in [0.5, 0.6) is 0 Å². The van der Waals surface area contributed by atoms with E-state index in [1.165, 1.54) is 19.1 Å². The lowest BCUT2D eigenvalue weighted by atomic mass is 10.1. The normalized spacial score (nSPS) is 13.2. The number of hydrogen-bond acceptors (Lipinski definition) is 2. The van der Waals surface area contributed by atoms with Crippen LogP contribution in [0.15, 0.2) is 36.4 Å². The molecule has 1 amide bonds. The standard InChI is InChI=1S/C19H19Cl2FN2O2/c1-10(15-8-18(22)17(21)9-16(15)20)23-11(2)19(26)24-14-6-4-13(5-7-14)12(3)25/h4-11,23H,1-3H3,(H,24,26)/p+1/t10-,11-/m1/s1. The number of carbonyl (C=O) groups excluding carboxylic acids is 2. The molecule has 26 heavy (non-hydrogen) atoms. The average Bonchev–Trinajstić information content (AvgIpc) is 2.58. The van der Waals surface area contributed by atoms with Crippen molar-refractivity contribution in [2.45, 2.75) is 32.9 Å². The zero-order chi connectivity index (χ0) is 19.4. The monoisotopic (exact) mass is 397 g/mol. The van der Waals surface area contributed by atoms with Crippen molar-refractivity contribution in [1.82, 2.24) is 0 Å². The van der Waals surface area contributed by atoms with Crippen molar-refractivity contribution < 1.29 is 19.3 Å². The minimum atomic E-state index is -0.547. The lowest BCUT2D eigenvalue weighted by molar-refractivity contribution is -0.709. The van der Waals surface area contributed by atoms with Crippen LogP contribution in [0.1, 0.15) is 42.7 Å². The fraction of sp³-hybridized carbons (Fsp3) is 0.263. The molecular formula is C19H20Cl2FN2O2+. The number of amides is 1. The van der Waals surface area contributed by atoms with Gasteiger partial charge in [0.15, 0.2) is 11.8 Å². The molecule has 2 atom stereocenters. The van der Waals surface area contributed by atoms with Gasteiger partial charge in [-0.2, -0.15) is 0 Å². The van der Waals surface area contributed by atoms with Crippen molar-refractivity contribution in [2.24, 2.45) is 0 Å². The van der Waals surface area contributed by atoms with Gasteiger partial charge < -0.3 is 10.6 Å². The first-order chi connectivity index (χ1) is 12.2. The molecule has 138 valence electrons. The molecule has 2 aromatic carbocycles. The molecule has 0 saturated heterocycles. The van der Waals surface area contributed by atoms with Gasteiger partial charge in [0.1, 0.15) is 11.9 Å². The van der Waals surface area contributed by atoms with Gasteiger partial charge in [-0.05, 0) is 57.2 Å². The lowest BCUT2D eigenvalue weighted by Gasteiger charge is -2.18. The summed E-state index contributed by atoms with van der Waals surface area (Å²) >= 11 is 11.8. The molecule has 7 heteroatoms. The van der Waals surface area contributed by atoms with Crippen LogP contribution in [0.2, 0.25) is 10.0 Å². The van der Waals surface area contributed by atoms with E-state index in [1.54, 1.807) is 36.5 Å². The molecule has 0 aliphatic heterocycles. The van der Waals surface area contributed by atoms with Crippen molar-refractivity contribution in [2.75, 3.05) is 5.32 Å². The number of nitrogens with one attached hydrogen (secondary N) is 1. The summed E-state index contributed by atoms with van der Waals surface area (Å²) in [6.45, 7) is 5.06. The Morgan fingerprint density at radius 2 is 1.69 bits per heavy atom. The second kappa shape index (κ2) is 8.62. The van der Waals surface area contributed by atoms with E-state index in [2.05, 4.69) is 5.32 Å². The quantitative estimate of drug-likeness (QED) is 0.571. The molecule has 4 nitrogen and oxygen atoms in total. The van der Waals surface area contributed by atoms with Crippen LogP contribution in [0.3, 0.4) is 0 Å². The Morgan fingerprint density at radius 3 is 2.27 bits per heavy atom. The summed E-state index contributed by atoms with van der Waals surface area (Å²) in [7, 11) is 0. The third kappa shape index (κ3) is 5.04. The third-order valence-electron chi connectivity index (χ3n) is 4.08. The second-order valence-corrected chi connectivity index (χ2v) is 6.99.